The van der Waals surface area contributed by atoms with Crippen LogP contribution in [0, 0.1) is 11.3 Å². The lowest BCUT2D eigenvalue weighted by Crippen LogP contribution is -2.44. The lowest BCUT2D eigenvalue weighted by atomic mass is 9.80. The summed E-state index contributed by atoms with van der Waals surface area (Å²) in [5, 5.41) is 6.10. The minimum absolute atomic E-state index is 0.0782. The van der Waals surface area contributed by atoms with Gasteiger partial charge in [0.15, 0.2) is 0 Å². The zero-order valence-corrected chi connectivity index (χ0v) is 17.6. The van der Waals surface area contributed by atoms with E-state index in [2.05, 4.69) is 51.9 Å². The average molecular weight is 406 g/mol. The van der Waals surface area contributed by atoms with Gasteiger partial charge in [-0.2, -0.15) is 0 Å². The fraction of sp³-hybridized carbons (Fsp3) is 0.440. The Hall–Kier alpha value is -2.66. The van der Waals surface area contributed by atoms with Crippen LogP contribution in [0.15, 0.2) is 60.7 Å². The molecule has 30 heavy (non-hydrogen) atoms. The number of aryl methyl sites for hydroxylation is 1. The van der Waals surface area contributed by atoms with Gasteiger partial charge in [0.1, 0.15) is 0 Å². The third-order valence-corrected chi connectivity index (χ3v) is 6.72. The quantitative estimate of drug-likeness (QED) is 0.745. The zero-order chi connectivity index (χ0) is 21.0. The lowest BCUT2D eigenvalue weighted by Gasteiger charge is -2.27. The molecule has 0 unspecified atom stereocenters. The maximum absolute atomic E-state index is 12.9. The maximum Gasteiger partial charge on any atom is 0.227 e. The van der Waals surface area contributed by atoms with Gasteiger partial charge in [-0.25, -0.2) is 0 Å². The van der Waals surface area contributed by atoms with Crippen molar-refractivity contribution >= 4 is 11.8 Å². The summed E-state index contributed by atoms with van der Waals surface area (Å²) in [6.07, 6.45) is 2.82. The van der Waals surface area contributed by atoms with Gasteiger partial charge in [-0.3, -0.25) is 14.5 Å². The highest BCUT2D eigenvalue weighted by Crippen LogP contribution is 2.49. The van der Waals surface area contributed by atoms with Crippen molar-refractivity contribution in [2.24, 2.45) is 11.3 Å². The molecule has 2 aromatic rings. The molecule has 2 aromatic carbocycles. The van der Waals surface area contributed by atoms with Crippen LogP contribution in [0.3, 0.4) is 0 Å². The molecule has 3 atom stereocenters. The van der Waals surface area contributed by atoms with Crippen LogP contribution in [0.1, 0.15) is 30.4 Å². The van der Waals surface area contributed by atoms with Gasteiger partial charge in [0.05, 0.1) is 5.41 Å². The number of hydrogen-bond acceptors (Lipinski definition) is 3. The van der Waals surface area contributed by atoms with Crippen LogP contribution in [-0.2, 0) is 22.6 Å². The number of nitrogens with one attached hydrogen (secondary N) is 2. The number of likely N-dealkylation sites (tertiary alicyclic amines) is 1. The maximum atomic E-state index is 12.9. The van der Waals surface area contributed by atoms with Crippen LogP contribution in [0.2, 0.25) is 0 Å². The highest BCUT2D eigenvalue weighted by Gasteiger charge is 2.57. The Labute approximate surface area is 178 Å². The number of amides is 2. The highest BCUT2D eigenvalue weighted by atomic mass is 16.2. The van der Waals surface area contributed by atoms with E-state index in [0.29, 0.717) is 6.42 Å². The average Bonchev–Trinajstić information content (AvgIpc) is 3.27. The Morgan fingerprint density at radius 3 is 2.37 bits per heavy atom. The third-order valence-electron chi connectivity index (χ3n) is 6.72. The standard InChI is InChI=1S/C25H31N3O2/c1-26-24(30)25-15-22(27-23(29)13-12-19-8-4-2-5-9-19)14-21(25)17-28(18-25)16-20-10-6-3-7-11-20/h2-11,21-22H,12-18H2,1H3,(H,26,30)(H,27,29)/t21-,22-,25-/m0/s1. The molecular formula is C25H31N3O2. The fourth-order valence-corrected chi connectivity index (χ4v) is 5.35. The molecule has 0 aromatic heterocycles. The molecule has 2 fully saturated rings. The van der Waals surface area contributed by atoms with Crippen molar-refractivity contribution in [1.29, 1.82) is 0 Å². The molecule has 0 bridgehead atoms. The van der Waals surface area contributed by atoms with E-state index in [1.165, 1.54) is 11.1 Å². The summed E-state index contributed by atoms with van der Waals surface area (Å²) < 4.78 is 0. The van der Waals surface area contributed by atoms with Gasteiger partial charge >= 0.3 is 0 Å². The SMILES string of the molecule is CNC(=O)[C@]12C[C@@H](NC(=O)CCc3ccccc3)C[C@H]1CN(Cc1ccccc1)C2. The third kappa shape index (κ3) is 4.41. The van der Waals surface area contributed by atoms with E-state index < -0.39 is 5.41 Å². The first-order valence-electron chi connectivity index (χ1n) is 10.9. The minimum Gasteiger partial charge on any atom is -0.359 e. The summed E-state index contributed by atoms with van der Waals surface area (Å²) in [6, 6.07) is 20.6. The first-order chi connectivity index (χ1) is 14.6. The molecule has 2 N–H and O–H groups in total. The van der Waals surface area contributed by atoms with Gasteiger partial charge in [-0.15, -0.1) is 0 Å². The first kappa shape index (κ1) is 20.6. The van der Waals surface area contributed by atoms with E-state index in [0.717, 1.165) is 38.9 Å². The molecule has 0 radical (unpaired) electrons. The van der Waals surface area contributed by atoms with Gasteiger partial charge in [0.25, 0.3) is 0 Å². The Balaban J connectivity index is 1.36. The number of nitrogens with zero attached hydrogens (tertiary/aromatic N) is 1. The largest absolute Gasteiger partial charge is 0.359 e. The topological polar surface area (TPSA) is 61.4 Å². The van der Waals surface area contributed by atoms with Crippen molar-refractivity contribution in [3.05, 3.63) is 71.8 Å². The van der Waals surface area contributed by atoms with E-state index in [4.69, 9.17) is 0 Å². The number of rotatable bonds is 7. The molecule has 4 rings (SSSR count). The van der Waals surface area contributed by atoms with Gasteiger partial charge in [0, 0.05) is 39.1 Å². The highest BCUT2D eigenvalue weighted by molar-refractivity contribution is 5.84. The van der Waals surface area contributed by atoms with Crippen molar-refractivity contribution < 1.29 is 9.59 Å². The van der Waals surface area contributed by atoms with Gasteiger partial charge in [-0.05, 0) is 36.3 Å². The van der Waals surface area contributed by atoms with Crippen molar-refractivity contribution in [3.8, 4) is 0 Å². The normalized spacial score (nSPS) is 25.6. The monoisotopic (exact) mass is 405 g/mol. The van der Waals surface area contributed by atoms with E-state index >= 15 is 0 Å². The summed E-state index contributed by atoms with van der Waals surface area (Å²) in [6.45, 7) is 2.52. The van der Waals surface area contributed by atoms with E-state index in [1.807, 2.05) is 24.3 Å². The van der Waals surface area contributed by atoms with Crippen molar-refractivity contribution in [1.82, 2.24) is 15.5 Å². The van der Waals surface area contributed by atoms with Gasteiger partial charge in [-0.1, -0.05) is 60.7 Å². The predicted molar refractivity (Wildman–Crippen MR) is 118 cm³/mol. The van der Waals surface area contributed by atoms with Crippen LogP contribution in [0.4, 0.5) is 0 Å². The predicted octanol–water partition coefficient (Wildman–Crippen LogP) is 2.76. The summed E-state index contributed by atoms with van der Waals surface area (Å²) in [4.78, 5) is 27.8. The summed E-state index contributed by atoms with van der Waals surface area (Å²) in [7, 11) is 1.72. The van der Waals surface area contributed by atoms with Crippen LogP contribution in [0.5, 0.6) is 0 Å². The van der Waals surface area contributed by atoms with Crippen LogP contribution in [0.25, 0.3) is 0 Å². The molecule has 1 aliphatic carbocycles. The fourth-order valence-electron chi connectivity index (χ4n) is 5.35. The zero-order valence-electron chi connectivity index (χ0n) is 17.6. The Kier molecular flexibility index (Phi) is 6.18. The summed E-state index contributed by atoms with van der Waals surface area (Å²) in [5.74, 6) is 0.474. The van der Waals surface area contributed by atoms with E-state index in [9.17, 15) is 9.59 Å². The summed E-state index contributed by atoms with van der Waals surface area (Å²) >= 11 is 0. The second-order valence-electron chi connectivity index (χ2n) is 8.78. The minimum atomic E-state index is -0.402. The van der Waals surface area contributed by atoms with Gasteiger partial charge in [0.2, 0.25) is 11.8 Å². The van der Waals surface area contributed by atoms with E-state index in [1.54, 1.807) is 7.05 Å². The number of carbonyl (C=O) groups excluding carboxylic acids is 2. The molecule has 5 heteroatoms. The number of hydrogen-bond donors (Lipinski definition) is 2. The molecule has 0 spiro atoms. The Morgan fingerprint density at radius 1 is 1.03 bits per heavy atom. The van der Waals surface area contributed by atoms with Gasteiger partial charge < -0.3 is 10.6 Å². The molecular weight excluding hydrogens is 374 g/mol. The van der Waals surface area contributed by atoms with E-state index in [-0.39, 0.29) is 23.8 Å². The van der Waals surface area contributed by atoms with Crippen LogP contribution < -0.4 is 10.6 Å². The molecule has 1 saturated heterocycles. The molecule has 5 nitrogen and oxygen atoms in total. The molecule has 1 saturated carbocycles. The van der Waals surface area contributed by atoms with Crippen LogP contribution in [-0.4, -0.2) is 42.9 Å². The molecule has 2 aliphatic rings. The summed E-state index contributed by atoms with van der Waals surface area (Å²) in [5.41, 5.74) is 2.05. The second-order valence-corrected chi connectivity index (χ2v) is 8.78. The molecule has 2 amide bonds. The second kappa shape index (κ2) is 9.00. The number of benzene rings is 2. The number of carbonyl (C=O) groups is 2. The smallest absolute Gasteiger partial charge is 0.227 e. The number of fused-ring (bicyclic) bond motifs is 1. The molecule has 158 valence electrons. The Bertz CT molecular complexity index is 870. The van der Waals surface area contributed by atoms with Crippen molar-refractivity contribution in [3.63, 3.8) is 0 Å². The Morgan fingerprint density at radius 2 is 1.70 bits per heavy atom. The molecule has 1 aliphatic heterocycles. The van der Waals surface area contributed by atoms with Crippen molar-refractivity contribution in [2.75, 3.05) is 20.1 Å². The molecule has 1 heterocycles. The van der Waals surface area contributed by atoms with Crippen LogP contribution >= 0.6 is 0 Å². The lowest BCUT2D eigenvalue weighted by molar-refractivity contribution is -0.131. The van der Waals surface area contributed by atoms with Crippen molar-refractivity contribution in [2.45, 2.75) is 38.3 Å². The first-order valence-corrected chi connectivity index (χ1v) is 10.9.